The van der Waals surface area contributed by atoms with Gasteiger partial charge in [0.25, 0.3) is 0 Å². The van der Waals surface area contributed by atoms with Crippen molar-refractivity contribution in [2.75, 3.05) is 0 Å². The average molecular weight is 385 g/mol. The monoisotopic (exact) mass is 384 g/mol. The first-order valence-corrected chi connectivity index (χ1v) is 9.41. The Hall–Kier alpha value is -2.66. The molecule has 3 rings (SSSR count). The van der Waals surface area contributed by atoms with Gasteiger partial charge >= 0.3 is 5.97 Å². The molecule has 27 heavy (non-hydrogen) atoms. The van der Waals surface area contributed by atoms with E-state index in [-0.39, 0.29) is 11.8 Å². The maximum Gasteiger partial charge on any atom is 0.345 e. The first kappa shape index (κ1) is 19.1. The van der Waals surface area contributed by atoms with Gasteiger partial charge in [0.1, 0.15) is 5.75 Å². The predicted molar refractivity (Wildman–Crippen MR) is 105 cm³/mol. The van der Waals surface area contributed by atoms with Gasteiger partial charge in [0.2, 0.25) is 5.91 Å². The third-order valence-electron chi connectivity index (χ3n) is 4.53. The summed E-state index contributed by atoms with van der Waals surface area (Å²) in [5.74, 6) is -0.131. The maximum absolute atomic E-state index is 12.2. The van der Waals surface area contributed by atoms with Crippen LogP contribution in [0.3, 0.4) is 0 Å². The molecule has 0 aliphatic heterocycles. The SMILES string of the molecule is O=C(Oc1cccc(C=NNC(=O)C2CCCCC2)c1)c1ccccc1Cl. The Kier molecular flexibility index (Phi) is 6.60. The van der Waals surface area contributed by atoms with Gasteiger partial charge in [0, 0.05) is 5.92 Å². The van der Waals surface area contributed by atoms with E-state index in [9.17, 15) is 9.59 Å². The fourth-order valence-corrected chi connectivity index (χ4v) is 3.29. The number of esters is 1. The molecule has 0 radical (unpaired) electrons. The van der Waals surface area contributed by atoms with Crippen LogP contribution in [-0.2, 0) is 4.79 Å². The van der Waals surface area contributed by atoms with E-state index in [2.05, 4.69) is 10.5 Å². The number of benzene rings is 2. The molecule has 140 valence electrons. The number of carbonyl (C=O) groups excluding carboxylic acids is 2. The lowest BCUT2D eigenvalue weighted by molar-refractivity contribution is -0.125. The summed E-state index contributed by atoms with van der Waals surface area (Å²) in [6.45, 7) is 0. The third-order valence-corrected chi connectivity index (χ3v) is 4.86. The molecule has 0 heterocycles. The standard InChI is InChI=1S/C21H21ClN2O3/c22-19-12-5-4-11-18(19)21(26)27-17-10-6-7-15(13-17)14-23-24-20(25)16-8-2-1-3-9-16/h4-7,10-14,16H,1-3,8-9H2,(H,24,25). The molecule has 1 N–H and O–H groups in total. The van der Waals surface area contributed by atoms with Crippen molar-refractivity contribution in [2.45, 2.75) is 32.1 Å². The van der Waals surface area contributed by atoms with Crippen LogP contribution < -0.4 is 10.2 Å². The van der Waals surface area contributed by atoms with Crippen molar-refractivity contribution in [1.29, 1.82) is 0 Å². The second kappa shape index (κ2) is 9.33. The molecule has 0 spiro atoms. The van der Waals surface area contributed by atoms with Gasteiger partial charge in [-0.2, -0.15) is 5.10 Å². The molecule has 0 aromatic heterocycles. The van der Waals surface area contributed by atoms with Crippen molar-refractivity contribution in [3.8, 4) is 5.75 Å². The fourth-order valence-electron chi connectivity index (χ4n) is 3.07. The molecule has 1 saturated carbocycles. The number of halogens is 1. The van der Waals surface area contributed by atoms with Crippen molar-refractivity contribution >= 4 is 29.7 Å². The number of carbonyl (C=O) groups is 2. The van der Waals surface area contributed by atoms with Crippen molar-refractivity contribution in [2.24, 2.45) is 11.0 Å². The van der Waals surface area contributed by atoms with Crippen LogP contribution >= 0.6 is 11.6 Å². The third kappa shape index (κ3) is 5.41. The molecule has 1 amide bonds. The van der Waals surface area contributed by atoms with Crippen LogP contribution in [0.25, 0.3) is 0 Å². The van der Waals surface area contributed by atoms with Gasteiger partial charge < -0.3 is 4.74 Å². The van der Waals surface area contributed by atoms with Gasteiger partial charge in [-0.05, 0) is 42.7 Å². The lowest BCUT2D eigenvalue weighted by atomic mass is 9.89. The van der Waals surface area contributed by atoms with Crippen molar-refractivity contribution in [1.82, 2.24) is 5.43 Å². The number of nitrogens with zero attached hydrogens (tertiary/aromatic N) is 1. The summed E-state index contributed by atoms with van der Waals surface area (Å²) in [7, 11) is 0. The lowest BCUT2D eigenvalue weighted by Gasteiger charge is -2.19. The van der Waals surface area contributed by atoms with E-state index in [1.807, 2.05) is 6.07 Å². The minimum atomic E-state index is -0.528. The molecule has 0 unspecified atom stereocenters. The van der Waals surface area contributed by atoms with Gasteiger partial charge in [0.15, 0.2) is 0 Å². The molecule has 6 heteroatoms. The number of ether oxygens (including phenoxy) is 1. The number of nitrogens with one attached hydrogen (secondary N) is 1. The van der Waals surface area contributed by atoms with Gasteiger partial charge in [-0.25, -0.2) is 10.2 Å². The first-order valence-electron chi connectivity index (χ1n) is 9.03. The van der Waals surface area contributed by atoms with Gasteiger partial charge in [-0.3, -0.25) is 4.79 Å². The number of rotatable bonds is 5. The summed E-state index contributed by atoms with van der Waals surface area (Å²) >= 11 is 6.02. The molecule has 2 aromatic carbocycles. The first-order chi connectivity index (χ1) is 13.1. The Labute approximate surface area is 163 Å². The number of hydrazone groups is 1. The summed E-state index contributed by atoms with van der Waals surface area (Å²) in [6, 6.07) is 13.6. The highest BCUT2D eigenvalue weighted by atomic mass is 35.5. The molecule has 1 aliphatic rings. The molecule has 0 saturated heterocycles. The minimum absolute atomic E-state index is 0.0350. The second-order valence-electron chi connectivity index (χ2n) is 6.51. The predicted octanol–water partition coefficient (Wildman–Crippen LogP) is 4.59. The average Bonchev–Trinajstić information content (AvgIpc) is 2.69. The Balaban J connectivity index is 1.59. The molecule has 1 fully saturated rings. The van der Waals surface area contributed by atoms with E-state index < -0.39 is 5.97 Å². The van der Waals surface area contributed by atoms with E-state index in [4.69, 9.17) is 16.3 Å². The quantitative estimate of drug-likeness (QED) is 0.355. The van der Waals surface area contributed by atoms with Crippen molar-refractivity contribution in [3.63, 3.8) is 0 Å². The Morgan fingerprint density at radius 3 is 2.63 bits per heavy atom. The highest BCUT2D eigenvalue weighted by molar-refractivity contribution is 6.33. The number of hydrogen-bond acceptors (Lipinski definition) is 4. The molecule has 1 aliphatic carbocycles. The highest BCUT2D eigenvalue weighted by Crippen LogP contribution is 2.23. The zero-order chi connectivity index (χ0) is 19.1. The highest BCUT2D eigenvalue weighted by Gasteiger charge is 2.20. The maximum atomic E-state index is 12.2. The van der Waals surface area contributed by atoms with E-state index >= 15 is 0 Å². The van der Waals surface area contributed by atoms with Crippen LogP contribution in [0, 0.1) is 5.92 Å². The number of amides is 1. The Bertz CT molecular complexity index is 845. The molecular weight excluding hydrogens is 364 g/mol. The van der Waals surface area contributed by atoms with Crippen LogP contribution in [-0.4, -0.2) is 18.1 Å². The van der Waals surface area contributed by atoms with Crippen molar-refractivity contribution < 1.29 is 14.3 Å². The van der Waals surface area contributed by atoms with E-state index in [1.165, 1.54) is 12.6 Å². The van der Waals surface area contributed by atoms with Crippen LogP contribution in [0.2, 0.25) is 5.02 Å². The summed E-state index contributed by atoms with van der Waals surface area (Å²) < 4.78 is 5.37. The van der Waals surface area contributed by atoms with E-state index in [0.717, 1.165) is 25.7 Å². The minimum Gasteiger partial charge on any atom is -0.423 e. The summed E-state index contributed by atoms with van der Waals surface area (Å²) in [5, 5.41) is 4.36. The number of hydrogen-bond donors (Lipinski definition) is 1. The Morgan fingerprint density at radius 2 is 1.85 bits per heavy atom. The van der Waals surface area contributed by atoms with Gasteiger partial charge in [-0.15, -0.1) is 0 Å². The summed E-state index contributed by atoms with van der Waals surface area (Å²) in [6.07, 6.45) is 6.78. The van der Waals surface area contributed by atoms with Crippen LogP contribution in [0.1, 0.15) is 48.0 Å². The largest absolute Gasteiger partial charge is 0.423 e. The van der Waals surface area contributed by atoms with E-state index in [1.54, 1.807) is 42.5 Å². The smallest absolute Gasteiger partial charge is 0.345 e. The lowest BCUT2D eigenvalue weighted by Crippen LogP contribution is -2.28. The molecule has 2 aromatic rings. The van der Waals surface area contributed by atoms with Crippen LogP contribution in [0.4, 0.5) is 0 Å². The zero-order valence-corrected chi connectivity index (χ0v) is 15.6. The van der Waals surface area contributed by atoms with Crippen molar-refractivity contribution in [3.05, 3.63) is 64.7 Å². The normalized spacial score (nSPS) is 14.9. The van der Waals surface area contributed by atoms with Gasteiger partial charge in [0.05, 0.1) is 16.8 Å². The Morgan fingerprint density at radius 1 is 1.07 bits per heavy atom. The summed E-state index contributed by atoms with van der Waals surface area (Å²) in [4.78, 5) is 24.3. The fraction of sp³-hybridized carbons (Fsp3) is 0.286. The zero-order valence-electron chi connectivity index (χ0n) is 14.9. The molecule has 5 nitrogen and oxygen atoms in total. The molecule has 0 bridgehead atoms. The summed E-state index contributed by atoms with van der Waals surface area (Å²) in [5.41, 5.74) is 3.61. The van der Waals surface area contributed by atoms with Crippen LogP contribution in [0.15, 0.2) is 53.6 Å². The molecule has 0 atom stereocenters. The topological polar surface area (TPSA) is 67.8 Å². The second-order valence-corrected chi connectivity index (χ2v) is 6.92. The van der Waals surface area contributed by atoms with E-state index in [0.29, 0.717) is 21.9 Å². The molecular formula is C21H21ClN2O3. The van der Waals surface area contributed by atoms with Crippen LogP contribution in [0.5, 0.6) is 5.75 Å². The van der Waals surface area contributed by atoms with Gasteiger partial charge in [-0.1, -0.05) is 55.1 Å².